The number of carbonyl (C=O) groups excluding carboxylic acids is 1. The first kappa shape index (κ1) is 15.7. The molecule has 2 aliphatic rings. The smallest absolute Gasteiger partial charge is 0.264 e. The first-order valence-corrected chi connectivity index (χ1v) is 8.84. The van der Waals surface area contributed by atoms with Gasteiger partial charge in [-0.25, -0.2) is 4.98 Å². The molecule has 7 nitrogen and oxygen atoms in total. The fraction of sp³-hybridized carbons (Fsp3) is 0.562. The second kappa shape index (κ2) is 5.65. The summed E-state index contributed by atoms with van der Waals surface area (Å²) in [6.07, 6.45) is 2.86. The lowest BCUT2D eigenvalue weighted by atomic mass is 10.0. The number of likely N-dealkylation sites (tertiary alicyclic amines) is 1. The van der Waals surface area contributed by atoms with Crippen molar-refractivity contribution in [2.24, 2.45) is 7.05 Å². The Kier molecular flexibility index (Phi) is 3.70. The molecule has 8 heteroatoms. The number of piperidine rings is 1. The van der Waals surface area contributed by atoms with Crippen LogP contribution in [0.15, 0.2) is 11.1 Å². The SMILES string of the molecule is Cc1c(C(=O)N2CCC3(CC2)OCCO3)sc2ncn(C)c(=O)c12. The van der Waals surface area contributed by atoms with Crippen LogP contribution in [0, 0.1) is 6.92 Å². The van der Waals surface area contributed by atoms with E-state index < -0.39 is 5.79 Å². The molecule has 4 rings (SSSR count). The number of aryl methyl sites for hydroxylation is 2. The number of amides is 1. The van der Waals surface area contributed by atoms with Gasteiger partial charge in [-0.2, -0.15) is 0 Å². The van der Waals surface area contributed by atoms with Crippen LogP contribution in [-0.4, -0.2) is 52.4 Å². The molecule has 2 aromatic heterocycles. The van der Waals surface area contributed by atoms with Crippen LogP contribution in [0.4, 0.5) is 0 Å². The summed E-state index contributed by atoms with van der Waals surface area (Å²) in [5, 5.41) is 0.546. The molecular formula is C16H19N3O4S. The number of thiophene rings is 1. The third-order valence-corrected chi connectivity index (χ3v) is 6.02. The van der Waals surface area contributed by atoms with Crippen LogP contribution in [0.5, 0.6) is 0 Å². The summed E-state index contributed by atoms with van der Waals surface area (Å²) in [6, 6.07) is 0. The predicted molar refractivity (Wildman–Crippen MR) is 89.4 cm³/mol. The fourth-order valence-corrected chi connectivity index (χ4v) is 4.50. The predicted octanol–water partition coefficient (Wildman–Crippen LogP) is 1.28. The van der Waals surface area contributed by atoms with Crippen molar-refractivity contribution in [2.45, 2.75) is 25.6 Å². The lowest BCUT2D eigenvalue weighted by Crippen LogP contribution is -2.47. The summed E-state index contributed by atoms with van der Waals surface area (Å²) in [5.74, 6) is -0.533. The number of hydrogen-bond acceptors (Lipinski definition) is 6. The van der Waals surface area contributed by atoms with Crippen molar-refractivity contribution in [3.05, 3.63) is 27.1 Å². The standard InChI is InChI=1S/C16H19N3O4S/c1-10-11-13(17-9-18(2)14(11)20)24-12(10)15(21)19-5-3-16(4-6-19)22-7-8-23-16/h9H,3-8H2,1-2H3. The van der Waals surface area contributed by atoms with E-state index in [1.54, 1.807) is 7.05 Å². The van der Waals surface area contributed by atoms with Crippen molar-refractivity contribution in [1.82, 2.24) is 14.5 Å². The number of ether oxygens (including phenoxy) is 2. The summed E-state index contributed by atoms with van der Waals surface area (Å²) >= 11 is 1.29. The lowest BCUT2D eigenvalue weighted by Gasteiger charge is -2.37. The summed E-state index contributed by atoms with van der Waals surface area (Å²) in [4.78, 5) is 32.5. The van der Waals surface area contributed by atoms with Crippen molar-refractivity contribution in [2.75, 3.05) is 26.3 Å². The zero-order valence-electron chi connectivity index (χ0n) is 13.7. The highest BCUT2D eigenvalue weighted by Crippen LogP contribution is 2.33. The Morgan fingerprint density at radius 3 is 2.62 bits per heavy atom. The maximum Gasteiger partial charge on any atom is 0.264 e. The molecule has 1 amide bonds. The van der Waals surface area contributed by atoms with E-state index in [1.165, 1.54) is 22.2 Å². The molecule has 0 aromatic carbocycles. The van der Waals surface area contributed by atoms with E-state index in [0.717, 1.165) is 5.56 Å². The molecule has 0 aliphatic carbocycles. The first-order valence-electron chi connectivity index (χ1n) is 8.03. The van der Waals surface area contributed by atoms with Gasteiger partial charge < -0.3 is 18.9 Å². The molecule has 0 bridgehead atoms. The summed E-state index contributed by atoms with van der Waals surface area (Å²) in [7, 11) is 1.67. The Morgan fingerprint density at radius 1 is 1.29 bits per heavy atom. The average molecular weight is 349 g/mol. The highest BCUT2D eigenvalue weighted by Gasteiger charge is 2.41. The van der Waals surface area contributed by atoms with Gasteiger partial charge in [0, 0.05) is 33.0 Å². The number of aromatic nitrogens is 2. The van der Waals surface area contributed by atoms with Crippen molar-refractivity contribution in [1.29, 1.82) is 0 Å². The topological polar surface area (TPSA) is 73.7 Å². The number of carbonyl (C=O) groups is 1. The van der Waals surface area contributed by atoms with Gasteiger partial charge in [-0.15, -0.1) is 11.3 Å². The van der Waals surface area contributed by atoms with E-state index in [0.29, 0.717) is 54.2 Å². The molecule has 0 atom stereocenters. The van der Waals surface area contributed by atoms with Crippen LogP contribution < -0.4 is 5.56 Å². The zero-order valence-corrected chi connectivity index (χ0v) is 14.5. The van der Waals surface area contributed by atoms with Gasteiger partial charge in [0.25, 0.3) is 11.5 Å². The molecule has 0 unspecified atom stereocenters. The second-order valence-electron chi connectivity index (χ2n) is 6.30. The van der Waals surface area contributed by atoms with Gasteiger partial charge in [0.05, 0.1) is 29.8 Å². The average Bonchev–Trinajstić information content (AvgIpc) is 3.17. The number of nitrogens with zero attached hydrogens (tertiary/aromatic N) is 3. The second-order valence-corrected chi connectivity index (χ2v) is 7.30. The lowest BCUT2D eigenvalue weighted by molar-refractivity contribution is -0.181. The highest BCUT2D eigenvalue weighted by molar-refractivity contribution is 7.20. The van der Waals surface area contributed by atoms with Crippen molar-refractivity contribution in [3.63, 3.8) is 0 Å². The van der Waals surface area contributed by atoms with Crippen molar-refractivity contribution in [3.8, 4) is 0 Å². The van der Waals surface area contributed by atoms with Crippen LogP contribution in [-0.2, 0) is 16.5 Å². The minimum Gasteiger partial charge on any atom is -0.347 e. The van der Waals surface area contributed by atoms with Crippen LogP contribution in [0.1, 0.15) is 28.1 Å². The fourth-order valence-electron chi connectivity index (χ4n) is 3.39. The number of fused-ring (bicyclic) bond motifs is 1. The quantitative estimate of drug-likeness (QED) is 0.775. The molecule has 0 radical (unpaired) electrons. The Morgan fingerprint density at radius 2 is 1.96 bits per heavy atom. The Bertz CT molecular complexity index is 856. The van der Waals surface area contributed by atoms with Gasteiger partial charge in [-0.1, -0.05) is 0 Å². The Labute approximate surface area is 142 Å². The molecule has 1 spiro atoms. The van der Waals surface area contributed by atoms with Crippen LogP contribution in [0.25, 0.3) is 10.2 Å². The van der Waals surface area contributed by atoms with E-state index in [-0.39, 0.29) is 11.5 Å². The van der Waals surface area contributed by atoms with Gasteiger partial charge in [-0.3, -0.25) is 9.59 Å². The normalized spacial score (nSPS) is 20.2. The van der Waals surface area contributed by atoms with Gasteiger partial charge in [0.2, 0.25) is 0 Å². The summed E-state index contributed by atoms with van der Waals surface area (Å²) in [6.45, 7) is 4.26. The summed E-state index contributed by atoms with van der Waals surface area (Å²) in [5.41, 5.74) is 0.612. The first-order chi connectivity index (χ1) is 11.5. The number of rotatable bonds is 1. The van der Waals surface area contributed by atoms with E-state index in [4.69, 9.17) is 9.47 Å². The molecule has 2 aromatic rings. The number of hydrogen-bond donors (Lipinski definition) is 0. The van der Waals surface area contributed by atoms with Gasteiger partial charge in [0.1, 0.15) is 4.83 Å². The molecule has 24 heavy (non-hydrogen) atoms. The molecule has 2 aliphatic heterocycles. The van der Waals surface area contributed by atoms with E-state index in [1.807, 2.05) is 11.8 Å². The largest absolute Gasteiger partial charge is 0.347 e. The van der Waals surface area contributed by atoms with Gasteiger partial charge in [0.15, 0.2) is 5.79 Å². The Hall–Kier alpha value is -1.77. The highest BCUT2D eigenvalue weighted by atomic mass is 32.1. The van der Waals surface area contributed by atoms with Crippen LogP contribution >= 0.6 is 11.3 Å². The van der Waals surface area contributed by atoms with Gasteiger partial charge >= 0.3 is 0 Å². The third kappa shape index (κ3) is 2.37. The molecule has 128 valence electrons. The summed E-state index contributed by atoms with van der Waals surface area (Å²) < 4.78 is 12.8. The van der Waals surface area contributed by atoms with Gasteiger partial charge in [-0.05, 0) is 12.5 Å². The van der Waals surface area contributed by atoms with Crippen molar-refractivity contribution < 1.29 is 14.3 Å². The maximum atomic E-state index is 12.9. The molecule has 0 saturated carbocycles. The van der Waals surface area contributed by atoms with Crippen LogP contribution in [0.3, 0.4) is 0 Å². The minimum atomic E-state index is -0.497. The zero-order chi connectivity index (χ0) is 16.9. The minimum absolute atomic E-state index is 0.0367. The van der Waals surface area contributed by atoms with Crippen molar-refractivity contribution >= 4 is 27.5 Å². The molecule has 4 heterocycles. The third-order valence-electron chi connectivity index (χ3n) is 4.83. The molecule has 2 saturated heterocycles. The van der Waals surface area contributed by atoms with E-state index in [9.17, 15) is 9.59 Å². The Balaban J connectivity index is 1.61. The van der Waals surface area contributed by atoms with E-state index in [2.05, 4.69) is 4.98 Å². The van der Waals surface area contributed by atoms with Crippen LogP contribution in [0.2, 0.25) is 0 Å². The monoisotopic (exact) mass is 349 g/mol. The van der Waals surface area contributed by atoms with E-state index >= 15 is 0 Å². The molecule has 2 fully saturated rings. The maximum absolute atomic E-state index is 12.9. The molecular weight excluding hydrogens is 330 g/mol. The molecule has 0 N–H and O–H groups in total.